The number of allylic oxidation sites excluding steroid dienone is 1. The summed E-state index contributed by atoms with van der Waals surface area (Å²) in [5, 5.41) is 11.5. The van der Waals surface area contributed by atoms with Crippen molar-refractivity contribution < 1.29 is 14.6 Å². The van der Waals surface area contributed by atoms with Crippen LogP contribution in [0.3, 0.4) is 0 Å². The third kappa shape index (κ3) is 4.16. The zero-order chi connectivity index (χ0) is 20.7. The summed E-state index contributed by atoms with van der Waals surface area (Å²) in [5.74, 6) is 1.76. The van der Waals surface area contributed by atoms with Crippen LogP contribution in [0.5, 0.6) is 11.5 Å². The standard InChI is InChI=1S/C23H23Cl2NO3/c1-13-7-14(2)11-26(10-13)12-18-20(27)6-5-17-22(28)21(29-23(17)18)8-15-3-4-16(24)9-19(15)25/h3-6,8-9,13-14,27H,7,10-12H2,1-2H3/t13-,14-/m0/s1. The van der Waals surface area contributed by atoms with Gasteiger partial charge in [0, 0.05) is 29.7 Å². The number of phenols is 1. The number of carbonyl (C=O) groups is 1. The van der Waals surface area contributed by atoms with Crippen LogP contribution in [0, 0.1) is 11.8 Å². The van der Waals surface area contributed by atoms with Gasteiger partial charge >= 0.3 is 0 Å². The number of hydrogen-bond acceptors (Lipinski definition) is 4. The maximum atomic E-state index is 12.9. The fraction of sp³-hybridized carbons (Fsp3) is 0.348. The van der Waals surface area contributed by atoms with Crippen molar-refractivity contribution in [2.24, 2.45) is 11.8 Å². The lowest BCUT2D eigenvalue weighted by molar-refractivity contribution is 0.101. The van der Waals surface area contributed by atoms with E-state index in [-0.39, 0.29) is 17.3 Å². The van der Waals surface area contributed by atoms with Crippen molar-refractivity contribution in [2.75, 3.05) is 13.1 Å². The summed E-state index contributed by atoms with van der Waals surface area (Å²) < 4.78 is 5.95. The van der Waals surface area contributed by atoms with Gasteiger partial charge in [-0.25, -0.2) is 0 Å². The van der Waals surface area contributed by atoms with E-state index in [1.54, 1.807) is 36.4 Å². The Labute approximate surface area is 180 Å². The molecule has 0 spiro atoms. The fourth-order valence-electron chi connectivity index (χ4n) is 4.35. The molecule has 1 saturated heterocycles. The van der Waals surface area contributed by atoms with Crippen LogP contribution < -0.4 is 4.74 Å². The number of piperidine rings is 1. The summed E-state index contributed by atoms with van der Waals surface area (Å²) >= 11 is 12.2. The van der Waals surface area contributed by atoms with Crippen molar-refractivity contribution in [3.8, 4) is 11.5 Å². The molecular weight excluding hydrogens is 409 g/mol. The highest BCUT2D eigenvalue weighted by atomic mass is 35.5. The summed E-state index contributed by atoms with van der Waals surface area (Å²) in [5.41, 5.74) is 1.77. The van der Waals surface area contributed by atoms with E-state index in [1.807, 2.05) is 0 Å². The van der Waals surface area contributed by atoms with Gasteiger partial charge in [-0.1, -0.05) is 43.1 Å². The van der Waals surface area contributed by atoms with E-state index < -0.39 is 0 Å². The van der Waals surface area contributed by atoms with Crippen molar-refractivity contribution in [1.29, 1.82) is 0 Å². The summed E-state index contributed by atoms with van der Waals surface area (Å²) in [6, 6.07) is 8.26. The van der Waals surface area contributed by atoms with E-state index in [0.717, 1.165) is 13.1 Å². The number of aromatic hydroxyl groups is 1. The second-order valence-corrected chi connectivity index (χ2v) is 9.03. The molecule has 4 nitrogen and oxygen atoms in total. The summed E-state index contributed by atoms with van der Waals surface area (Å²) in [4.78, 5) is 15.2. The molecular formula is C23H23Cl2NO3. The minimum atomic E-state index is -0.215. The molecule has 6 heteroatoms. The Balaban J connectivity index is 1.65. The Morgan fingerprint density at radius 2 is 1.90 bits per heavy atom. The van der Waals surface area contributed by atoms with Crippen LogP contribution in [0.4, 0.5) is 0 Å². The van der Waals surface area contributed by atoms with Crippen LogP contribution >= 0.6 is 23.2 Å². The Morgan fingerprint density at radius 1 is 1.17 bits per heavy atom. The van der Waals surface area contributed by atoms with Gasteiger partial charge in [-0.05, 0) is 54.2 Å². The number of carbonyl (C=O) groups excluding carboxylic acids is 1. The van der Waals surface area contributed by atoms with Crippen molar-refractivity contribution in [3.63, 3.8) is 0 Å². The molecule has 0 unspecified atom stereocenters. The number of rotatable bonds is 3. The third-order valence-electron chi connectivity index (χ3n) is 5.49. The molecule has 2 atom stereocenters. The molecule has 4 rings (SSSR count). The van der Waals surface area contributed by atoms with E-state index in [1.165, 1.54) is 6.42 Å². The molecule has 1 N–H and O–H groups in total. The molecule has 152 valence electrons. The van der Waals surface area contributed by atoms with Gasteiger partial charge in [0.15, 0.2) is 5.76 Å². The largest absolute Gasteiger partial charge is 0.507 e. The van der Waals surface area contributed by atoms with Crippen LogP contribution in [0.1, 0.15) is 41.8 Å². The molecule has 2 aromatic carbocycles. The minimum absolute atomic E-state index is 0.146. The lowest BCUT2D eigenvalue weighted by Crippen LogP contribution is -2.38. The predicted octanol–water partition coefficient (Wildman–Crippen LogP) is 5.79. The predicted molar refractivity (Wildman–Crippen MR) is 116 cm³/mol. The molecule has 2 aliphatic rings. The SMILES string of the molecule is C[C@H]1C[C@H](C)CN(Cc2c(O)ccc3c2OC(=Cc2ccc(Cl)cc2Cl)C3=O)C1. The van der Waals surface area contributed by atoms with Crippen molar-refractivity contribution >= 4 is 35.1 Å². The van der Waals surface area contributed by atoms with Gasteiger partial charge in [0.1, 0.15) is 11.5 Å². The highest BCUT2D eigenvalue weighted by molar-refractivity contribution is 6.35. The number of hydrogen-bond donors (Lipinski definition) is 1. The molecule has 0 saturated carbocycles. The number of halogens is 2. The molecule has 0 bridgehead atoms. The fourth-order valence-corrected chi connectivity index (χ4v) is 4.82. The van der Waals surface area contributed by atoms with E-state index in [0.29, 0.717) is 50.9 Å². The van der Waals surface area contributed by atoms with Gasteiger partial charge in [0.05, 0.1) is 11.1 Å². The normalized spacial score (nSPS) is 23.3. The van der Waals surface area contributed by atoms with Gasteiger partial charge in [-0.15, -0.1) is 0 Å². The van der Waals surface area contributed by atoms with Crippen LogP contribution in [0.2, 0.25) is 10.0 Å². The summed E-state index contributed by atoms with van der Waals surface area (Å²) in [7, 11) is 0. The number of fused-ring (bicyclic) bond motifs is 1. The smallest absolute Gasteiger partial charge is 0.231 e. The maximum Gasteiger partial charge on any atom is 0.231 e. The van der Waals surface area contributed by atoms with Crippen molar-refractivity contribution in [1.82, 2.24) is 4.90 Å². The van der Waals surface area contributed by atoms with Crippen molar-refractivity contribution in [2.45, 2.75) is 26.8 Å². The molecule has 2 aliphatic heterocycles. The third-order valence-corrected chi connectivity index (χ3v) is 6.05. The Kier molecular flexibility index (Phi) is 5.60. The van der Waals surface area contributed by atoms with Crippen LogP contribution in [-0.4, -0.2) is 28.9 Å². The molecule has 2 aromatic rings. The average Bonchev–Trinajstić information content (AvgIpc) is 2.95. The van der Waals surface area contributed by atoms with Crippen LogP contribution in [0.25, 0.3) is 6.08 Å². The van der Waals surface area contributed by atoms with E-state index in [2.05, 4.69) is 18.7 Å². The number of nitrogens with zero attached hydrogens (tertiary/aromatic N) is 1. The Hall–Kier alpha value is -2.01. The summed E-state index contributed by atoms with van der Waals surface area (Å²) in [6.45, 7) is 6.96. The highest BCUT2D eigenvalue weighted by Crippen LogP contribution is 2.41. The Bertz CT molecular complexity index is 992. The number of phenolic OH excluding ortho intramolecular Hbond substituents is 1. The maximum absolute atomic E-state index is 12.9. The second-order valence-electron chi connectivity index (χ2n) is 8.19. The first-order valence-corrected chi connectivity index (χ1v) is 10.5. The topological polar surface area (TPSA) is 49.8 Å². The zero-order valence-electron chi connectivity index (χ0n) is 16.4. The molecule has 1 fully saturated rings. The molecule has 0 aliphatic carbocycles. The first kappa shape index (κ1) is 20.3. The van der Waals surface area contributed by atoms with Gasteiger partial charge in [-0.3, -0.25) is 9.69 Å². The van der Waals surface area contributed by atoms with Gasteiger partial charge < -0.3 is 9.84 Å². The minimum Gasteiger partial charge on any atom is -0.507 e. The van der Waals surface area contributed by atoms with E-state index >= 15 is 0 Å². The number of likely N-dealkylation sites (tertiary alicyclic amines) is 1. The average molecular weight is 432 g/mol. The molecule has 0 radical (unpaired) electrons. The van der Waals surface area contributed by atoms with Gasteiger partial charge in [-0.2, -0.15) is 0 Å². The quantitative estimate of drug-likeness (QED) is 0.624. The first-order chi connectivity index (χ1) is 13.8. The van der Waals surface area contributed by atoms with E-state index in [4.69, 9.17) is 27.9 Å². The lowest BCUT2D eigenvalue weighted by Gasteiger charge is -2.35. The second kappa shape index (κ2) is 8.02. The van der Waals surface area contributed by atoms with Crippen LogP contribution in [0.15, 0.2) is 36.1 Å². The number of Topliss-reactive ketones (excluding diaryl/α,β-unsaturated/α-hetero) is 1. The zero-order valence-corrected chi connectivity index (χ0v) is 17.9. The molecule has 0 amide bonds. The number of benzene rings is 2. The van der Waals surface area contributed by atoms with Crippen LogP contribution in [-0.2, 0) is 6.54 Å². The van der Waals surface area contributed by atoms with Crippen molar-refractivity contribution in [3.05, 3.63) is 62.8 Å². The van der Waals surface area contributed by atoms with Gasteiger partial charge in [0.2, 0.25) is 5.78 Å². The number of ether oxygens (including phenoxy) is 1. The highest BCUT2D eigenvalue weighted by Gasteiger charge is 2.32. The molecule has 2 heterocycles. The van der Waals surface area contributed by atoms with E-state index in [9.17, 15) is 9.90 Å². The first-order valence-electron chi connectivity index (χ1n) is 9.78. The number of ketones is 1. The Morgan fingerprint density at radius 3 is 2.59 bits per heavy atom. The lowest BCUT2D eigenvalue weighted by atomic mass is 9.91. The summed E-state index contributed by atoms with van der Waals surface area (Å²) in [6.07, 6.45) is 2.83. The molecule has 0 aromatic heterocycles. The molecule has 29 heavy (non-hydrogen) atoms. The van der Waals surface area contributed by atoms with Gasteiger partial charge in [0.25, 0.3) is 0 Å². The monoisotopic (exact) mass is 431 g/mol.